The zero-order valence-electron chi connectivity index (χ0n) is 16.6. The minimum Gasteiger partial charge on any atom is -0.288 e. The molecule has 0 aliphatic heterocycles. The molecule has 0 bridgehead atoms. The predicted octanol–water partition coefficient (Wildman–Crippen LogP) is 5.31. The first-order chi connectivity index (χ1) is 15.0. The minimum atomic E-state index is -0.539. The van der Waals surface area contributed by atoms with E-state index in [1.807, 2.05) is 72.2 Å². The second kappa shape index (κ2) is 9.34. The number of carbonyl (C=O) groups is 1. The maximum absolute atomic E-state index is 11.5. The summed E-state index contributed by atoms with van der Waals surface area (Å²) >= 11 is 7.78. The lowest BCUT2D eigenvalue weighted by Gasteiger charge is -2.11. The van der Waals surface area contributed by atoms with Crippen molar-refractivity contribution in [2.75, 3.05) is 0 Å². The van der Waals surface area contributed by atoms with E-state index in [0.29, 0.717) is 16.3 Å². The number of aromatic nitrogens is 3. The predicted molar refractivity (Wildman–Crippen MR) is 122 cm³/mol. The summed E-state index contributed by atoms with van der Waals surface area (Å²) in [4.78, 5) is 11.5. The van der Waals surface area contributed by atoms with Gasteiger partial charge in [-0.2, -0.15) is 0 Å². The van der Waals surface area contributed by atoms with E-state index in [9.17, 15) is 4.79 Å². The van der Waals surface area contributed by atoms with Crippen LogP contribution in [0.15, 0.2) is 78.0 Å². The number of thioether (sulfide) groups is 1. The molecule has 0 aliphatic carbocycles. The molecule has 0 radical (unpaired) electrons. The quantitative estimate of drug-likeness (QED) is 0.236. The standard InChI is InChI=1S/C23H19ClN4O2S/c1-15-5-9-17(10-6-15)21-25-26-23(28(21)20-4-2-3-19(24)13-20)31-14-16-7-11-18(12-8-16)22(29)27-30/h2-13,30H,14H2,1H3,(H,27,29). The molecular formula is C23H19ClN4O2S. The molecule has 0 saturated carbocycles. The Hall–Kier alpha value is -3.13. The Bertz CT molecular complexity index is 1210. The Labute approximate surface area is 188 Å². The molecule has 0 spiro atoms. The van der Waals surface area contributed by atoms with Gasteiger partial charge in [0.2, 0.25) is 0 Å². The van der Waals surface area contributed by atoms with Crippen LogP contribution in [-0.4, -0.2) is 25.9 Å². The smallest absolute Gasteiger partial charge is 0.274 e. The van der Waals surface area contributed by atoms with Crippen LogP contribution in [0.5, 0.6) is 0 Å². The fourth-order valence-electron chi connectivity index (χ4n) is 3.07. The third kappa shape index (κ3) is 4.80. The van der Waals surface area contributed by atoms with Gasteiger partial charge in [0, 0.05) is 21.9 Å². The molecule has 31 heavy (non-hydrogen) atoms. The number of halogens is 1. The Morgan fingerprint density at radius 2 is 1.81 bits per heavy atom. The van der Waals surface area contributed by atoms with Gasteiger partial charge >= 0.3 is 0 Å². The van der Waals surface area contributed by atoms with Gasteiger partial charge in [0.05, 0.1) is 5.69 Å². The number of hydrogen-bond acceptors (Lipinski definition) is 5. The monoisotopic (exact) mass is 450 g/mol. The van der Waals surface area contributed by atoms with E-state index in [1.165, 1.54) is 17.3 Å². The van der Waals surface area contributed by atoms with Crippen molar-refractivity contribution in [2.45, 2.75) is 17.8 Å². The SMILES string of the molecule is Cc1ccc(-c2nnc(SCc3ccc(C(=O)NO)cc3)n2-c2cccc(Cl)c2)cc1. The molecule has 2 N–H and O–H groups in total. The average molecular weight is 451 g/mol. The van der Waals surface area contributed by atoms with E-state index in [2.05, 4.69) is 10.2 Å². The number of hydroxylamine groups is 1. The van der Waals surface area contributed by atoms with Gasteiger partial charge < -0.3 is 0 Å². The van der Waals surface area contributed by atoms with Crippen LogP contribution in [0.2, 0.25) is 5.02 Å². The molecule has 0 aliphatic rings. The van der Waals surface area contributed by atoms with Gasteiger partial charge in [-0.3, -0.25) is 14.6 Å². The maximum Gasteiger partial charge on any atom is 0.274 e. The number of benzene rings is 3. The molecule has 0 fully saturated rings. The van der Waals surface area contributed by atoms with Crippen LogP contribution in [0.1, 0.15) is 21.5 Å². The second-order valence-electron chi connectivity index (χ2n) is 6.91. The van der Waals surface area contributed by atoms with Crippen molar-refractivity contribution >= 4 is 29.3 Å². The average Bonchev–Trinajstić information content (AvgIpc) is 3.22. The highest BCUT2D eigenvalue weighted by Crippen LogP contribution is 2.30. The number of carbonyl (C=O) groups excluding carboxylic acids is 1. The maximum atomic E-state index is 11.5. The zero-order chi connectivity index (χ0) is 21.8. The van der Waals surface area contributed by atoms with E-state index in [-0.39, 0.29) is 0 Å². The van der Waals surface area contributed by atoms with Crippen LogP contribution in [0.3, 0.4) is 0 Å². The molecule has 1 amide bonds. The number of hydrogen-bond donors (Lipinski definition) is 2. The van der Waals surface area contributed by atoms with Crippen molar-refractivity contribution in [1.29, 1.82) is 0 Å². The van der Waals surface area contributed by atoms with Gasteiger partial charge in [0.25, 0.3) is 5.91 Å². The van der Waals surface area contributed by atoms with Gasteiger partial charge in [-0.1, -0.05) is 71.4 Å². The van der Waals surface area contributed by atoms with Crippen molar-refractivity contribution in [1.82, 2.24) is 20.2 Å². The Kier molecular flexibility index (Phi) is 6.36. The van der Waals surface area contributed by atoms with Crippen molar-refractivity contribution in [2.24, 2.45) is 0 Å². The number of nitrogens with zero attached hydrogens (tertiary/aromatic N) is 3. The van der Waals surface area contributed by atoms with Crippen LogP contribution in [0.4, 0.5) is 0 Å². The zero-order valence-corrected chi connectivity index (χ0v) is 18.2. The summed E-state index contributed by atoms with van der Waals surface area (Å²) in [5.41, 5.74) is 6.05. The van der Waals surface area contributed by atoms with Crippen molar-refractivity contribution < 1.29 is 10.0 Å². The fraction of sp³-hybridized carbons (Fsp3) is 0.0870. The number of nitrogens with one attached hydrogen (secondary N) is 1. The summed E-state index contributed by atoms with van der Waals surface area (Å²) in [5, 5.41) is 19.0. The first-order valence-electron chi connectivity index (χ1n) is 9.50. The summed E-state index contributed by atoms with van der Waals surface area (Å²) in [6, 6.07) is 22.8. The van der Waals surface area contributed by atoms with Crippen LogP contribution < -0.4 is 5.48 Å². The molecule has 8 heteroatoms. The molecule has 0 saturated heterocycles. The minimum absolute atomic E-state index is 0.389. The van der Waals surface area contributed by atoms with Crippen molar-refractivity contribution in [3.05, 3.63) is 94.5 Å². The first kappa shape index (κ1) is 21.1. The Balaban J connectivity index is 1.66. The van der Waals surface area contributed by atoms with Gasteiger partial charge in [0.1, 0.15) is 0 Å². The Morgan fingerprint density at radius 1 is 1.06 bits per heavy atom. The van der Waals surface area contributed by atoms with E-state index in [1.54, 1.807) is 17.6 Å². The van der Waals surface area contributed by atoms with E-state index in [4.69, 9.17) is 16.8 Å². The summed E-state index contributed by atoms with van der Waals surface area (Å²) in [7, 11) is 0. The molecule has 4 aromatic rings. The van der Waals surface area contributed by atoms with E-state index in [0.717, 1.165) is 27.8 Å². The van der Waals surface area contributed by atoms with E-state index < -0.39 is 5.91 Å². The molecule has 1 aromatic heterocycles. The van der Waals surface area contributed by atoms with Crippen molar-refractivity contribution in [3.8, 4) is 17.1 Å². The van der Waals surface area contributed by atoms with Gasteiger partial charge in [-0.05, 0) is 42.8 Å². The lowest BCUT2D eigenvalue weighted by atomic mass is 10.1. The highest BCUT2D eigenvalue weighted by atomic mass is 35.5. The summed E-state index contributed by atoms with van der Waals surface area (Å²) in [6.07, 6.45) is 0. The number of rotatable bonds is 6. The highest BCUT2D eigenvalue weighted by Gasteiger charge is 2.17. The highest BCUT2D eigenvalue weighted by molar-refractivity contribution is 7.98. The lowest BCUT2D eigenvalue weighted by molar-refractivity contribution is 0.0706. The second-order valence-corrected chi connectivity index (χ2v) is 8.29. The van der Waals surface area contributed by atoms with E-state index >= 15 is 0 Å². The van der Waals surface area contributed by atoms with Crippen LogP contribution in [0.25, 0.3) is 17.1 Å². The molecule has 0 atom stereocenters. The van der Waals surface area contributed by atoms with Crippen molar-refractivity contribution in [3.63, 3.8) is 0 Å². The third-order valence-corrected chi connectivity index (χ3v) is 5.93. The van der Waals surface area contributed by atoms with Crippen LogP contribution in [0, 0.1) is 6.92 Å². The summed E-state index contributed by atoms with van der Waals surface area (Å²) < 4.78 is 1.99. The van der Waals surface area contributed by atoms with Gasteiger partial charge in [0.15, 0.2) is 11.0 Å². The van der Waals surface area contributed by atoms with Gasteiger partial charge in [-0.15, -0.1) is 10.2 Å². The fourth-order valence-corrected chi connectivity index (χ4v) is 4.16. The first-order valence-corrected chi connectivity index (χ1v) is 10.9. The number of aryl methyl sites for hydroxylation is 1. The lowest BCUT2D eigenvalue weighted by Crippen LogP contribution is -2.18. The molecule has 6 nitrogen and oxygen atoms in total. The molecule has 0 unspecified atom stereocenters. The largest absolute Gasteiger partial charge is 0.288 e. The Morgan fingerprint density at radius 3 is 2.48 bits per heavy atom. The summed E-state index contributed by atoms with van der Waals surface area (Å²) in [6.45, 7) is 2.04. The van der Waals surface area contributed by atoms with Crippen LogP contribution in [-0.2, 0) is 5.75 Å². The number of amides is 1. The third-order valence-electron chi connectivity index (χ3n) is 4.70. The summed E-state index contributed by atoms with van der Waals surface area (Å²) in [5.74, 6) is 0.829. The molecule has 1 heterocycles. The topological polar surface area (TPSA) is 80.0 Å². The molecular weight excluding hydrogens is 432 g/mol. The normalized spacial score (nSPS) is 10.8. The van der Waals surface area contributed by atoms with Crippen LogP contribution >= 0.6 is 23.4 Å². The molecule has 3 aromatic carbocycles. The molecule has 4 rings (SSSR count). The molecule has 156 valence electrons. The van der Waals surface area contributed by atoms with Gasteiger partial charge in [-0.25, -0.2) is 5.48 Å².